The summed E-state index contributed by atoms with van der Waals surface area (Å²) in [6.07, 6.45) is 0. The highest BCUT2D eigenvalue weighted by atomic mass is 32.2. The van der Waals surface area contributed by atoms with Gasteiger partial charge in [-0.05, 0) is 31.2 Å². The molecule has 0 saturated heterocycles. The van der Waals surface area contributed by atoms with Crippen LogP contribution >= 0.6 is 11.8 Å². The zero-order chi connectivity index (χ0) is 20.6. The highest BCUT2D eigenvalue weighted by Crippen LogP contribution is 2.29. The van der Waals surface area contributed by atoms with Crippen molar-refractivity contribution in [3.8, 4) is 11.4 Å². The van der Waals surface area contributed by atoms with Crippen molar-refractivity contribution in [3.63, 3.8) is 0 Å². The van der Waals surface area contributed by atoms with E-state index < -0.39 is 28.3 Å². The summed E-state index contributed by atoms with van der Waals surface area (Å²) in [5, 5.41) is -0.291. The summed E-state index contributed by atoms with van der Waals surface area (Å²) >= 11 is 1.03. The van der Waals surface area contributed by atoms with E-state index in [1.807, 2.05) is 0 Å². The number of aromatic nitrogens is 4. The molecule has 146 valence electrons. The second-order valence-electron chi connectivity index (χ2n) is 6.05. The van der Waals surface area contributed by atoms with Crippen LogP contribution in [-0.4, -0.2) is 37.4 Å². The predicted molar refractivity (Wildman–Crippen MR) is 103 cm³/mol. The topological polar surface area (TPSA) is 96.1 Å². The lowest BCUT2D eigenvalue weighted by molar-refractivity contribution is -0.139. The van der Waals surface area contributed by atoms with Crippen LogP contribution in [0.3, 0.4) is 0 Å². The van der Waals surface area contributed by atoms with Crippen LogP contribution in [0.4, 0.5) is 4.39 Å². The van der Waals surface area contributed by atoms with Gasteiger partial charge in [-0.1, -0.05) is 11.8 Å². The van der Waals surface area contributed by atoms with Gasteiger partial charge in [-0.15, -0.1) is 0 Å². The molecule has 8 nitrogen and oxygen atoms in total. The minimum atomic E-state index is -0.647. The van der Waals surface area contributed by atoms with E-state index in [4.69, 9.17) is 4.74 Å². The number of hydrogen-bond acceptors (Lipinski definition) is 7. The fourth-order valence-electron chi connectivity index (χ4n) is 2.62. The van der Waals surface area contributed by atoms with Gasteiger partial charge in [0.25, 0.3) is 5.56 Å². The molecule has 0 spiro atoms. The minimum Gasteiger partial charge on any atom is -0.468 e. The average molecular weight is 404 g/mol. The summed E-state index contributed by atoms with van der Waals surface area (Å²) in [7, 11) is 4.12. The molecule has 1 aromatic carbocycles. The molecule has 0 aliphatic carbocycles. The Kier molecular flexibility index (Phi) is 5.32. The van der Waals surface area contributed by atoms with Crippen LogP contribution in [0.25, 0.3) is 22.4 Å². The van der Waals surface area contributed by atoms with Gasteiger partial charge < -0.3 is 4.74 Å². The van der Waals surface area contributed by atoms with E-state index in [1.165, 1.54) is 50.0 Å². The zero-order valence-electron chi connectivity index (χ0n) is 15.6. The van der Waals surface area contributed by atoms with Crippen molar-refractivity contribution >= 4 is 28.8 Å². The van der Waals surface area contributed by atoms with Crippen molar-refractivity contribution in [2.24, 2.45) is 14.1 Å². The number of carbonyl (C=O) groups is 1. The van der Waals surface area contributed by atoms with Crippen LogP contribution < -0.4 is 11.2 Å². The van der Waals surface area contributed by atoms with E-state index in [0.717, 1.165) is 16.3 Å². The maximum atomic E-state index is 13.3. The Labute approximate surface area is 163 Å². The Balaban J connectivity index is 2.33. The van der Waals surface area contributed by atoms with Crippen LogP contribution in [0, 0.1) is 5.82 Å². The van der Waals surface area contributed by atoms with Gasteiger partial charge in [-0.3, -0.25) is 18.7 Å². The number of methoxy groups -OCH3 is 1. The van der Waals surface area contributed by atoms with Crippen molar-refractivity contribution in [1.29, 1.82) is 0 Å². The molecule has 0 aliphatic rings. The quantitative estimate of drug-likeness (QED) is 0.369. The maximum absolute atomic E-state index is 13.3. The average Bonchev–Trinajstić information content (AvgIpc) is 2.69. The highest BCUT2D eigenvalue weighted by Gasteiger charge is 2.22. The molecule has 0 unspecified atom stereocenters. The molecule has 2 heterocycles. The number of halogens is 1. The van der Waals surface area contributed by atoms with Gasteiger partial charge in [-0.2, -0.15) is 0 Å². The molecular weight excluding hydrogens is 387 g/mol. The van der Waals surface area contributed by atoms with E-state index in [9.17, 15) is 18.8 Å². The van der Waals surface area contributed by atoms with Gasteiger partial charge in [0.2, 0.25) is 0 Å². The first-order chi connectivity index (χ1) is 13.2. The smallest absolute Gasteiger partial charge is 0.332 e. The Morgan fingerprint density at radius 1 is 1.14 bits per heavy atom. The lowest BCUT2D eigenvalue weighted by Crippen LogP contribution is -2.37. The van der Waals surface area contributed by atoms with Crippen LogP contribution in [0.5, 0.6) is 0 Å². The Bertz CT molecular complexity index is 1190. The van der Waals surface area contributed by atoms with Gasteiger partial charge >= 0.3 is 11.7 Å². The number of thioether (sulfide) groups is 1. The lowest BCUT2D eigenvalue weighted by atomic mass is 10.2. The number of fused-ring (bicyclic) bond motifs is 1. The number of nitrogens with zero attached hydrogens (tertiary/aromatic N) is 4. The van der Waals surface area contributed by atoms with Gasteiger partial charge in [0.05, 0.1) is 7.11 Å². The normalized spacial score (nSPS) is 12.2. The van der Waals surface area contributed by atoms with Crippen molar-refractivity contribution in [2.45, 2.75) is 17.2 Å². The summed E-state index contributed by atoms with van der Waals surface area (Å²) in [5.41, 5.74) is -0.479. The molecule has 0 fully saturated rings. The van der Waals surface area contributed by atoms with Crippen LogP contribution in [0.1, 0.15) is 6.92 Å². The van der Waals surface area contributed by atoms with Crippen molar-refractivity contribution in [1.82, 2.24) is 19.1 Å². The first kappa shape index (κ1) is 19.7. The zero-order valence-corrected chi connectivity index (χ0v) is 16.4. The standard InChI is InChI=1S/C18H17FN4O4S/c1-9(17(25)27-4)28-15-12-14(22(2)18(26)23(3)16(12)24)20-13(21-15)10-5-7-11(19)8-6-10/h5-9H,1-4H3/t9-/m0/s1. The molecule has 0 N–H and O–H groups in total. The number of esters is 1. The number of hydrogen-bond donors (Lipinski definition) is 0. The van der Waals surface area contributed by atoms with Crippen LogP contribution in [0.2, 0.25) is 0 Å². The van der Waals surface area contributed by atoms with E-state index in [2.05, 4.69) is 9.97 Å². The van der Waals surface area contributed by atoms with E-state index in [1.54, 1.807) is 6.92 Å². The largest absolute Gasteiger partial charge is 0.468 e. The first-order valence-corrected chi connectivity index (χ1v) is 9.10. The fraction of sp³-hybridized carbons (Fsp3) is 0.278. The molecule has 1 atom stereocenters. The molecule has 3 aromatic rings. The first-order valence-electron chi connectivity index (χ1n) is 8.22. The van der Waals surface area contributed by atoms with Gasteiger partial charge in [-0.25, -0.2) is 19.2 Å². The second-order valence-corrected chi connectivity index (χ2v) is 7.38. The molecule has 0 aliphatic heterocycles. The van der Waals surface area contributed by atoms with Gasteiger partial charge in [0.1, 0.15) is 21.5 Å². The number of benzene rings is 1. The number of carbonyl (C=O) groups excluding carboxylic acids is 1. The molecular formula is C18H17FN4O4S. The van der Waals surface area contributed by atoms with E-state index in [-0.39, 0.29) is 21.9 Å². The number of aryl methyl sites for hydroxylation is 1. The Morgan fingerprint density at radius 2 is 1.79 bits per heavy atom. The third-order valence-electron chi connectivity index (χ3n) is 4.19. The number of ether oxygens (including phenoxy) is 1. The molecule has 28 heavy (non-hydrogen) atoms. The molecule has 0 saturated carbocycles. The third kappa shape index (κ3) is 3.42. The summed E-state index contributed by atoms with van der Waals surface area (Å²) in [5.74, 6) is -0.697. The SMILES string of the molecule is COC(=O)[C@H](C)Sc1nc(-c2ccc(F)cc2)nc2c1c(=O)n(C)c(=O)n2C. The number of rotatable bonds is 4. The van der Waals surface area contributed by atoms with Crippen molar-refractivity contribution < 1.29 is 13.9 Å². The molecule has 0 radical (unpaired) electrons. The summed E-state index contributed by atoms with van der Waals surface area (Å²) in [6, 6.07) is 5.51. The minimum absolute atomic E-state index is 0.121. The summed E-state index contributed by atoms with van der Waals surface area (Å²) in [6.45, 7) is 1.62. The monoisotopic (exact) mass is 404 g/mol. The molecule has 0 amide bonds. The van der Waals surface area contributed by atoms with Gasteiger partial charge in [0.15, 0.2) is 11.5 Å². The maximum Gasteiger partial charge on any atom is 0.332 e. The Morgan fingerprint density at radius 3 is 2.39 bits per heavy atom. The predicted octanol–water partition coefficient (Wildman–Crippen LogP) is 1.49. The van der Waals surface area contributed by atoms with Gasteiger partial charge in [0, 0.05) is 19.7 Å². The van der Waals surface area contributed by atoms with Crippen molar-refractivity contribution in [2.75, 3.05) is 7.11 Å². The Hall–Kier alpha value is -3.01. The van der Waals surface area contributed by atoms with Crippen LogP contribution in [0.15, 0.2) is 38.9 Å². The van der Waals surface area contributed by atoms with E-state index in [0.29, 0.717) is 5.56 Å². The molecule has 2 aromatic heterocycles. The molecule has 3 rings (SSSR count). The molecule has 0 bridgehead atoms. The third-order valence-corrected chi connectivity index (χ3v) is 5.26. The second kappa shape index (κ2) is 7.55. The summed E-state index contributed by atoms with van der Waals surface area (Å²) in [4.78, 5) is 45.7. The van der Waals surface area contributed by atoms with E-state index >= 15 is 0 Å². The molecule has 10 heteroatoms. The highest BCUT2D eigenvalue weighted by molar-refractivity contribution is 8.00. The van der Waals surface area contributed by atoms with Crippen LogP contribution in [-0.2, 0) is 23.6 Å². The summed E-state index contributed by atoms with van der Waals surface area (Å²) < 4.78 is 20.2. The van der Waals surface area contributed by atoms with Crippen molar-refractivity contribution in [3.05, 3.63) is 50.9 Å². The lowest BCUT2D eigenvalue weighted by Gasteiger charge is -2.14. The fourth-order valence-corrected chi connectivity index (χ4v) is 3.59.